The molecule has 0 spiro atoms. The number of carbonyl (C=O) groups excluding carboxylic acids is 2. The second kappa shape index (κ2) is 7.05. The topological polar surface area (TPSA) is 55.4 Å². The number of nitrogens with one attached hydrogen (secondary N) is 1. The van der Waals surface area contributed by atoms with Gasteiger partial charge in [-0.3, -0.25) is 14.9 Å². The number of ether oxygens (including phenoxy) is 1. The van der Waals surface area contributed by atoms with Crippen LogP contribution in [0.5, 0.6) is 5.75 Å². The Balaban J connectivity index is 2.13. The Kier molecular flexibility index (Phi) is 4.88. The van der Waals surface area contributed by atoms with E-state index in [1.807, 2.05) is 0 Å². The van der Waals surface area contributed by atoms with Crippen molar-refractivity contribution in [1.29, 1.82) is 0 Å². The Morgan fingerprint density at radius 3 is 2.38 bits per heavy atom. The minimum Gasteiger partial charge on any atom is -0.489 e. The van der Waals surface area contributed by atoms with Gasteiger partial charge in [-0.2, -0.15) is 0 Å². The number of hydrogen-bond acceptors (Lipinski definition) is 3. The van der Waals surface area contributed by atoms with E-state index in [9.17, 15) is 9.59 Å². The first-order valence-corrected chi connectivity index (χ1v) is 6.46. The zero-order valence-corrected chi connectivity index (χ0v) is 11.4. The fourth-order valence-electron chi connectivity index (χ4n) is 1.76. The van der Waals surface area contributed by atoms with Gasteiger partial charge in [0.15, 0.2) is 0 Å². The number of para-hydroxylation sites is 1. The molecule has 0 saturated heterocycles. The molecular formula is C17H15NO3. The van der Waals surface area contributed by atoms with Crippen LogP contribution in [0, 0.1) is 0 Å². The number of amides is 2. The highest BCUT2D eigenvalue weighted by Crippen LogP contribution is 2.18. The summed E-state index contributed by atoms with van der Waals surface area (Å²) in [5.74, 6) is -0.529. The molecule has 21 heavy (non-hydrogen) atoms. The van der Waals surface area contributed by atoms with Gasteiger partial charge >= 0.3 is 0 Å². The van der Waals surface area contributed by atoms with Crippen LogP contribution < -0.4 is 10.1 Å². The maximum Gasteiger partial charge on any atom is 0.261 e. The lowest BCUT2D eigenvalue weighted by molar-refractivity contribution is 0.0847. The third-order valence-corrected chi connectivity index (χ3v) is 2.75. The second-order valence-electron chi connectivity index (χ2n) is 4.25. The van der Waals surface area contributed by atoms with E-state index in [2.05, 4.69) is 11.9 Å². The first-order valence-electron chi connectivity index (χ1n) is 6.46. The molecule has 0 saturated carbocycles. The fourth-order valence-corrected chi connectivity index (χ4v) is 1.76. The van der Waals surface area contributed by atoms with Crippen LogP contribution in [-0.2, 0) is 0 Å². The van der Waals surface area contributed by atoms with Crippen molar-refractivity contribution in [2.45, 2.75) is 0 Å². The van der Waals surface area contributed by atoms with Crippen molar-refractivity contribution < 1.29 is 14.3 Å². The molecule has 0 radical (unpaired) electrons. The predicted octanol–water partition coefficient (Wildman–Crippen LogP) is 2.82. The molecule has 0 heterocycles. The van der Waals surface area contributed by atoms with Gasteiger partial charge in [0.2, 0.25) is 0 Å². The van der Waals surface area contributed by atoms with E-state index in [0.717, 1.165) is 0 Å². The molecule has 4 heteroatoms. The Morgan fingerprint density at radius 1 is 1.00 bits per heavy atom. The van der Waals surface area contributed by atoms with Crippen LogP contribution in [0.1, 0.15) is 20.7 Å². The molecule has 0 atom stereocenters. The van der Waals surface area contributed by atoms with Crippen molar-refractivity contribution in [3.63, 3.8) is 0 Å². The predicted molar refractivity (Wildman–Crippen MR) is 80.4 cm³/mol. The quantitative estimate of drug-likeness (QED) is 0.677. The van der Waals surface area contributed by atoms with Gasteiger partial charge in [-0.05, 0) is 24.3 Å². The largest absolute Gasteiger partial charge is 0.489 e. The number of rotatable bonds is 5. The van der Waals surface area contributed by atoms with Gasteiger partial charge < -0.3 is 4.74 Å². The summed E-state index contributed by atoms with van der Waals surface area (Å²) >= 11 is 0. The minimum atomic E-state index is -0.497. The lowest BCUT2D eigenvalue weighted by Crippen LogP contribution is -2.30. The fraction of sp³-hybridized carbons (Fsp3) is 0.0588. The molecule has 2 aromatic carbocycles. The molecule has 0 unspecified atom stereocenters. The van der Waals surface area contributed by atoms with Crippen molar-refractivity contribution in [3.8, 4) is 5.75 Å². The number of hydrogen-bond donors (Lipinski definition) is 1. The third-order valence-electron chi connectivity index (χ3n) is 2.75. The lowest BCUT2D eigenvalue weighted by Gasteiger charge is -2.09. The van der Waals surface area contributed by atoms with E-state index < -0.39 is 11.8 Å². The summed E-state index contributed by atoms with van der Waals surface area (Å²) in [4.78, 5) is 24.1. The smallest absolute Gasteiger partial charge is 0.261 e. The monoisotopic (exact) mass is 281 g/mol. The first-order chi connectivity index (χ1) is 10.2. The van der Waals surface area contributed by atoms with Gasteiger partial charge in [0.25, 0.3) is 11.8 Å². The van der Waals surface area contributed by atoms with Crippen LogP contribution in [0.15, 0.2) is 67.3 Å². The van der Waals surface area contributed by atoms with E-state index in [1.165, 1.54) is 0 Å². The average molecular weight is 281 g/mol. The van der Waals surface area contributed by atoms with E-state index in [4.69, 9.17) is 4.74 Å². The van der Waals surface area contributed by atoms with Gasteiger partial charge in [0.1, 0.15) is 12.4 Å². The van der Waals surface area contributed by atoms with Gasteiger partial charge in [0, 0.05) is 5.56 Å². The number of carbonyl (C=O) groups is 2. The van der Waals surface area contributed by atoms with Crippen LogP contribution in [0.25, 0.3) is 0 Å². The van der Waals surface area contributed by atoms with Crippen LogP contribution in [0.2, 0.25) is 0 Å². The molecule has 106 valence electrons. The molecule has 1 N–H and O–H groups in total. The van der Waals surface area contributed by atoms with Crippen LogP contribution in [0.4, 0.5) is 0 Å². The van der Waals surface area contributed by atoms with Crippen LogP contribution in [0.3, 0.4) is 0 Å². The summed E-state index contributed by atoms with van der Waals surface area (Å²) in [5, 5.41) is 2.35. The Labute approximate surface area is 123 Å². The molecule has 2 aromatic rings. The summed E-state index contributed by atoms with van der Waals surface area (Å²) in [7, 11) is 0. The van der Waals surface area contributed by atoms with E-state index in [0.29, 0.717) is 16.9 Å². The summed E-state index contributed by atoms with van der Waals surface area (Å²) in [6, 6.07) is 15.3. The van der Waals surface area contributed by atoms with Crippen molar-refractivity contribution >= 4 is 11.8 Å². The average Bonchev–Trinajstić information content (AvgIpc) is 2.54. The molecule has 4 nitrogen and oxygen atoms in total. The summed E-state index contributed by atoms with van der Waals surface area (Å²) in [6.45, 7) is 3.85. The molecule has 0 aromatic heterocycles. The molecule has 0 bridgehead atoms. The molecule has 2 amide bonds. The van der Waals surface area contributed by atoms with E-state index in [1.54, 1.807) is 60.7 Å². The van der Waals surface area contributed by atoms with E-state index in [-0.39, 0.29) is 6.61 Å². The molecule has 0 aliphatic rings. The van der Waals surface area contributed by atoms with Gasteiger partial charge in [0.05, 0.1) is 5.56 Å². The summed E-state index contributed by atoms with van der Waals surface area (Å²) < 4.78 is 5.40. The van der Waals surface area contributed by atoms with Crippen molar-refractivity contribution in [3.05, 3.63) is 78.4 Å². The Morgan fingerprint density at radius 2 is 1.67 bits per heavy atom. The SMILES string of the molecule is C=CCOc1ccccc1C(=O)NC(=O)c1ccccc1. The van der Waals surface area contributed by atoms with E-state index >= 15 is 0 Å². The lowest BCUT2D eigenvalue weighted by atomic mass is 10.1. The van der Waals surface area contributed by atoms with Gasteiger partial charge in [-0.25, -0.2) is 0 Å². The van der Waals surface area contributed by atoms with Crippen LogP contribution in [-0.4, -0.2) is 18.4 Å². The highest BCUT2D eigenvalue weighted by molar-refractivity contribution is 6.11. The maximum absolute atomic E-state index is 12.2. The number of benzene rings is 2. The molecular weight excluding hydrogens is 266 g/mol. The molecule has 2 rings (SSSR count). The molecule has 0 aliphatic heterocycles. The standard InChI is InChI=1S/C17H15NO3/c1-2-12-21-15-11-7-6-10-14(15)17(20)18-16(19)13-8-4-3-5-9-13/h2-11H,1,12H2,(H,18,19,20). The second-order valence-corrected chi connectivity index (χ2v) is 4.25. The van der Waals surface area contributed by atoms with Gasteiger partial charge in [-0.15, -0.1) is 0 Å². The summed E-state index contributed by atoms with van der Waals surface area (Å²) in [5.41, 5.74) is 0.735. The highest BCUT2D eigenvalue weighted by Gasteiger charge is 2.15. The minimum absolute atomic E-state index is 0.289. The highest BCUT2D eigenvalue weighted by atomic mass is 16.5. The molecule has 0 fully saturated rings. The Bertz CT molecular complexity index is 650. The Hall–Kier alpha value is -2.88. The van der Waals surface area contributed by atoms with Crippen LogP contribution >= 0.6 is 0 Å². The zero-order chi connectivity index (χ0) is 15.1. The van der Waals surface area contributed by atoms with Crippen molar-refractivity contribution in [2.75, 3.05) is 6.61 Å². The maximum atomic E-state index is 12.2. The van der Waals surface area contributed by atoms with Crippen molar-refractivity contribution in [1.82, 2.24) is 5.32 Å². The van der Waals surface area contributed by atoms with Crippen molar-refractivity contribution in [2.24, 2.45) is 0 Å². The zero-order valence-electron chi connectivity index (χ0n) is 11.4. The number of imide groups is 1. The third kappa shape index (κ3) is 3.79. The normalized spacial score (nSPS) is 9.71. The molecule has 0 aliphatic carbocycles. The van der Waals surface area contributed by atoms with Gasteiger partial charge in [-0.1, -0.05) is 43.0 Å². The first kappa shape index (κ1) is 14.5. The summed E-state index contributed by atoms with van der Waals surface area (Å²) in [6.07, 6.45) is 1.59.